The van der Waals surface area contributed by atoms with Crippen molar-refractivity contribution in [3.63, 3.8) is 0 Å². The van der Waals surface area contributed by atoms with Crippen molar-refractivity contribution in [1.29, 1.82) is 0 Å². The fraction of sp³-hybridized carbons (Fsp3) is 0.333. The lowest BCUT2D eigenvalue weighted by atomic mass is 9.64. The van der Waals surface area contributed by atoms with E-state index in [1.165, 1.54) is 0 Å². The number of aliphatic hydroxyl groups excluding tert-OH is 1. The maximum atomic E-state index is 9.86. The van der Waals surface area contributed by atoms with Crippen LogP contribution in [0, 0.1) is 5.41 Å². The van der Waals surface area contributed by atoms with Crippen molar-refractivity contribution in [2.75, 3.05) is 5.32 Å². The average Bonchev–Trinajstić information content (AvgIpc) is 2.50. The number of ether oxygens (including phenoxy) is 1. The molecule has 110 valence electrons. The Balaban J connectivity index is 1.77. The number of aliphatic hydroxyl groups is 1. The zero-order valence-electron chi connectivity index (χ0n) is 12.4. The molecule has 1 aliphatic rings. The van der Waals surface area contributed by atoms with E-state index in [9.17, 15) is 5.11 Å². The highest BCUT2D eigenvalue weighted by Crippen LogP contribution is 2.43. The molecule has 0 amide bonds. The first kappa shape index (κ1) is 14.0. The molecule has 2 N–H and O–H groups in total. The van der Waals surface area contributed by atoms with Crippen LogP contribution in [0.15, 0.2) is 54.6 Å². The van der Waals surface area contributed by atoms with Crippen LogP contribution < -0.4 is 10.1 Å². The van der Waals surface area contributed by atoms with Gasteiger partial charge < -0.3 is 15.2 Å². The molecule has 0 aliphatic heterocycles. The van der Waals surface area contributed by atoms with Gasteiger partial charge in [-0.1, -0.05) is 44.2 Å². The molecule has 0 bridgehead atoms. The van der Waals surface area contributed by atoms with E-state index in [-0.39, 0.29) is 17.6 Å². The van der Waals surface area contributed by atoms with Crippen LogP contribution in [0.5, 0.6) is 11.5 Å². The van der Waals surface area contributed by atoms with Gasteiger partial charge in [-0.2, -0.15) is 0 Å². The summed E-state index contributed by atoms with van der Waals surface area (Å²) in [5, 5.41) is 13.4. The molecule has 0 radical (unpaired) electrons. The molecule has 3 heteroatoms. The van der Waals surface area contributed by atoms with Gasteiger partial charge in [0, 0.05) is 11.5 Å². The van der Waals surface area contributed by atoms with Crippen LogP contribution >= 0.6 is 0 Å². The summed E-state index contributed by atoms with van der Waals surface area (Å²) in [6, 6.07) is 17.9. The molecule has 3 nitrogen and oxygen atoms in total. The van der Waals surface area contributed by atoms with Gasteiger partial charge in [-0.3, -0.25) is 0 Å². The monoisotopic (exact) mass is 283 g/mol. The number of rotatable bonds is 4. The summed E-state index contributed by atoms with van der Waals surface area (Å²) in [7, 11) is 0. The Labute approximate surface area is 125 Å². The van der Waals surface area contributed by atoms with E-state index in [2.05, 4.69) is 19.2 Å². The quantitative estimate of drug-likeness (QED) is 0.889. The molecule has 2 unspecified atom stereocenters. The van der Waals surface area contributed by atoms with Crippen molar-refractivity contribution in [2.45, 2.75) is 32.4 Å². The Kier molecular flexibility index (Phi) is 3.60. The highest BCUT2D eigenvalue weighted by molar-refractivity contribution is 5.58. The summed E-state index contributed by atoms with van der Waals surface area (Å²) >= 11 is 0. The Morgan fingerprint density at radius 1 is 1.05 bits per heavy atom. The third-order valence-corrected chi connectivity index (χ3v) is 4.40. The molecule has 1 saturated carbocycles. The van der Waals surface area contributed by atoms with Gasteiger partial charge in [0.15, 0.2) is 5.75 Å². The van der Waals surface area contributed by atoms with Crippen LogP contribution in [-0.2, 0) is 0 Å². The van der Waals surface area contributed by atoms with Crippen molar-refractivity contribution >= 4 is 5.69 Å². The first-order chi connectivity index (χ1) is 10.1. The van der Waals surface area contributed by atoms with Crippen LogP contribution in [0.1, 0.15) is 20.3 Å². The summed E-state index contributed by atoms with van der Waals surface area (Å²) in [5.74, 6) is 1.63. The van der Waals surface area contributed by atoms with E-state index in [1.54, 1.807) is 0 Å². The van der Waals surface area contributed by atoms with Gasteiger partial charge in [0.1, 0.15) is 5.75 Å². The molecule has 0 saturated heterocycles. The van der Waals surface area contributed by atoms with E-state index < -0.39 is 0 Å². The largest absolute Gasteiger partial charge is 0.455 e. The predicted octanol–water partition coefficient (Wildman–Crippen LogP) is 4.05. The molecule has 3 rings (SSSR count). The first-order valence-electron chi connectivity index (χ1n) is 7.34. The Morgan fingerprint density at radius 2 is 1.71 bits per heavy atom. The van der Waals surface area contributed by atoms with Gasteiger partial charge in [0.2, 0.25) is 0 Å². The molecule has 0 spiro atoms. The molecule has 1 aliphatic carbocycles. The molecular weight excluding hydrogens is 262 g/mol. The fourth-order valence-electron chi connectivity index (χ4n) is 2.63. The summed E-state index contributed by atoms with van der Waals surface area (Å²) in [4.78, 5) is 0. The highest BCUT2D eigenvalue weighted by atomic mass is 16.5. The average molecular weight is 283 g/mol. The van der Waals surface area contributed by atoms with Crippen molar-refractivity contribution in [3.8, 4) is 11.5 Å². The zero-order valence-corrected chi connectivity index (χ0v) is 12.4. The summed E-state index contributed by atoms with van der Waals surface area (Å²) in [5.41, 5.74) is 0.853. The Bertz CT molecular complexity index is 610. The third-order valence-electron chi connectivity index (χ3n) is 4.40. The predicted molar refractivity (Wildman–Crippen MR) is 84.8 cm³/mol. The van der Waals surface area contributed by atoms with E-state index in [0.717, 1.165) is 23.6 Å². The number of benzene rings is 2. The standard InChI is InChI=1S/C18H21NO2/c1-18(2)16(12-17(18)20)19-14-10-6-7-11-15(14)21-13-8-4-3-5-9-13/h3-11,16-17,19-20H,12H2,1-2H3. The first-order valence-corrected chi connectivity index (χ1v) is 7.34. The molecule has 21 heavy (non-hydrogen) atoms. The highest BCUT2D eigenvalue weighted by Gasteiger charge is 2.47. The van der Waals surface area contributed by atoms with Crippen LogP contribution in [0.3, 0.4) is 0 Å². The number of hydrogen-bond donors (Lipinski definition) is 2. The normalized spacial score (nSPS) is 23.2. The molecule has 0 heterocycles. The van der Waals surface area contributed by atoms with Crippen LogP contribution in [0.2, 0.25) is 0 Å². The van der Waals surface area contributed by atoms with Crippen molar-refractivity contribution in [3.05, 3.63) is 54.6 Å². The lowest BCUT2D eigenvalue weighted by Crippen LogP contribution is -2.56. The van der Waals surface area contributed by atoms with E-state index in [0.29, 0.717) is 0 Å². The summed E-state index contributed by atoms with van der Waals surface area (Å²) < 4.78 is 5.95. The number of nitrogens with one attached hydrogen (secondary N) is 1. The minimum atomic E-state index is -0.239. The number of anilines is 1. The lowest BCUT2D eigenvalue weighted by molar-refractivity contribution is -0.0510. The Hall–Kier alpha value is -2.00. The molecule has 2 aromatic carbocycles. The second-order valence-corrected chi connectivity index (χ2v) is 6.18. The van der Waals surface area contributed by atoms with Gasteiger partial charge in [-0.25, -0.2) is 0 Å². The molecule has 1 fully saturated rings. The Morgan fingerprint density at radius 3 is 2.38 bits per heavy atom. The van der Waals surface area contributed by atoms with E-state index in [1.807, 2.05) is 54.6 Å². The van der Waals surface area contributed by atoms with Crippen molar-refractivity contribution in [2.24, 2.45) is 5.41 Å². The summed E-state index contributed by atoms with van der Waals surface area (Å²) in [6.45, 7) is 4.17. The second-order valence-electron chi connectivity index (χ2n) is 6.18. The second kappa shape index (κ2) is 5.41. The minimum Gasteiger partial charge on any atom is -0.455 e. The van der Waals surface area contributed by atoms with Gasteiger partial charge in [0.05, 0.1) is 11.8 Å². The maximum absolute atomic E-state index is 9.86. The number of para-hydroxylation sites is 3. The SMILES string of the molecule is CC1(C)C(O)CC1Nc1ccccc1Oc1ccccc1. The minimum absolute atomic E-state index is 0.111. The molecule has 0 aromatic heterocycles. The zero-order chi connectivity index (χ0) is 14.9. The van der Waals surface area contributed by atoms with Crippen molar-refractivity contribution in [1.82, 2.24) is 0 Å². The van der Waals surface area contributed by atoms with Gasteiger partial charge in [-0.05, 0) is 30.7 Å². The fourth-order valence-corrected chi connectivity index (χ4v) is 2.63. The smallest absolute Gasteiger partial charge is 0.150 e. The van der Waals surface area contributed by atoms with Crippen LogP contribution in [0.4, 0.5) is 5.69 Å². The molecule has 2 aromatic rings. The molecular formula is C18H21NO2. The lowest BCUT2D eigenvalue weighted by Gasteiger charge is -2.50. The third kappa shape index (κ3) is 2.74. The van der Waals surface area contributed by atoms with Crippen LogP contribution in [0.25, 0.3) is 0 Å². The van der Waals surface area contributed by atoms with Crippen LogP contribution in [-0.4, -0.2) is 17.3 Å². The van der Waals surface area contributed by atoms with Gasteiger partial charge in [-0.15, -0.1) is 0 Å². The van der Waals surface area contributed by atoms with Gasteiger partial charge >= 0.3 is 0 Å². The van der Waals surface area contributed by atoms with E-state index >= 15 is 0 Å². The van der Waals surface area contributed by atoms with E-state index in [4.69, 9.17) is 4.74 Å². The maximum Gasteiger partial charge on any atom is 0.150 e. The van der Waals surface area contributed by atoms with Crippen molar-refractivity contribution < 1.29 is 9.84 Å². The molecule has 2 atom stereocenters. The summed E-state index contributed by atoms with van der Waals surface area (Å²) in [6.07, 6.45) is 0.532. The van der Waals surface area contributed by atoms with Gasteiger partial charge in [0.25, 0.3) is 0 Å². The number of hydrogen-bond acceptors (Lipinski definition) is 3. The topological polar surface area (TPSA) is 41.5 Å².